The van der Waals surface area contributed by atoms with Crippen molar-refractivity contribution < 1.29 is 58.1 Å². The van der Waals surface area contributed by atoms with Crippen LogP contribution in [0.15, 0.2) is 36.4 Å². The maximum absolute atomic E-state index is 13.8. The molecule has 5 N–H and O–H groups in total. The lowest BCUT2D eigenvalue weighted by Crippen LogP contribution is -2.50. The summed E-state index contributed by atoms with van der Waals surface area (Å²) in [5.41, 5.74) is 2.72. The summed E-state index contributed by atoms with van der Waals surface area (Å²) in [5.74, 6) is -4.23. The molecule has 0 aliphatic carbocycles. The molecule has 0 spiro atoms. The number of aliphatic hydroxyl groups is 1. The van der Waals surface area contributed by atoms with Gasteiger partial charge in [-0.25, -0.2) is 4.79 Å². The Morgan fingerprint density at radius 1 is 0.936 bits per heavy atom. The highest BCUT2D eigenvalue weighted by Crippen LogP contribution is 2.23. The standard InChI is InChI=1S/C29H30B2N4O12/c36-12-20(10-26(39)47-35-24(37)5-6-25(35)38)33-28(41)23-9-19(32-27(40)15-1-3-17-13-45-30(43)21(17)7-15)11-34(23)29(42)16-2-4-18-14-46-31(44)22(18)8-16/h1-4,7-8,19-20,23,36,43-44H,5-6,9-14H2,(H,32,40)(H,33,41)/t19-,20+,23+/m1/s1. The molecule has 18 heteroatoms. The number of benzene rings is 2. The van der Waals surface area contributed by atoms with E-state index < -0.39 is 80.9 Å². The minimum Gasteiger partial charge on any atom is -0.423 e. The van der Waals surface area contributed by atoms with Crippen molar-refractivity contribution in [3.8, 4) is 0 Å². The highest BCUT2D eigenvalue weighted by Gasteiger charge is 2.42. The van der Waals surface area contributed by atoms with E-state index in [0.717, 1.165) is 5.56 Å². The van der Waals surface area contributed by atoms with Crippen molar-refractivity contribution >= 4 is 60.7 Å². The Morgan fingerprint density at radius 2 is 1.53 bits per heavy atom. The van der Waals surface area contributed by atoms with Crippen LogP contribution >= 0.6 is 0 Å². The molecule has 2 aromatic carbocycles. The molecular weight excluding hydrogens is 618 g/mol. The van der Waals surface area contributed by atoms with E-state index in [-0.39, 0.29) is 50.1 Å². The highest BCUT2D eigenvalue weighted by atomic mass is 16.7. The molecule has 244 valence electrons. The first-order valence-electron chi connectivity index (χ1n) is 15.0. The van der Waals surface area contributed by atoms with Gasteiger partial charge in [-0.3, -0.25) is 24.0 Å². The van der Waals surface area contributed by atoms with Gasteiger partial charge >= 0.3 is 20.2 Å². The zero-order chi connectivity index (χ0) is 33.4. The number of fused-ring (bicyclic) bond motifs is 2. The van der Waals surface area contributed by atoms with Gasteiger partial charge in [-0.2, -0.15) is 0 Å². The number of likely N-dealkylation sites (tertiary alicyclic amines) is 1. The molecule has 2 saturated heterocycles. The molecule has 16 nitrogen and oxygen atoms in total. The molecule has 0 bridgehead atoms. The average molecular weight is 648 g/mol. The quantitative estimate of drug-likeness (QED) is 0.133. The Kier molecular flexibility index (Phi) is 9.11. The molecular formula is C29H30B2N4O12. The minimum absolute atomic E-state index is 0.0317. The Balaban J connectivity index is 1.18. The first-order valence-corrected chi connectivity index (χ1v) is 15.0. The molecule has 4 aliphatic rings. The number of amides is 5. The molecule has 0 unspecified atom stereocenters. The molecule has 3 atom stereocenters. The van der Waals surface area contributed by atoms with Crippen molar-refractivity contribution in [2.45, 2.75) is 57.0 Å². The van der Waals surface area contributed by atoms with E-state index in [4.69, 9.17) is 14.1 Å². The fourth-order valence-electron chi connectivity index (χ4n) is 6.01. The minimum atomic E-state index is -1.21. The maximum atomic E-state index is 13.8. The SMILES string of the molecule is O=C(C[C@@H](CO)NC(=O)[C@@H]1C[C@@H](NC(=O)c2ccc3c(c2)B(O)OC3)CN1C(=O)c1ccc2c(c1)B(O)OC2)ON1C(=O)CCC1=O. The number of hydrogen-bond acceptors (Lipinski definition) is 12. The highest BCUT2D eigenvalue weighted by molar-refractivity contribution is 6.62. The van der Waals surface area contributed by atoms with Gasteiger partial charge in [0.05, 0.1) is 32.3 Å². The number of imide groups is 1. The third kappa shape index (κ3) is 6.63. The molecule has 6 rings (SSSR count). The largest absolute Gasteiger partial charge is 0.491 e. The Bertz CT molecular complexity index is 1640. The summed E-state index contributed by atoms with van der Waals surface area (Å²) in [6, 6.07) is 6.34. The van der Waals surface area contributed by atoms with Crippen LogP contribution in [-0.4, -0.2) is 106 Å². The fraction of sp³-hybridized carbons (Fsp3) is 0.379. The second-order valence-corrected chi connectivity index (χ2v) is 11.7. The summed E-state index contributed by atoms with van der Waals surface area (Å²) >= 11 is 0. The number of carbonyl (C=O) groups excluding carboxylic acids is 6. The summed E-state index contributed by atoms with van der Waals surface area (Å²) in [7, 11) is -2.37. The van der Waals surface area contributed by atoms with Crippen LogP contribution in [0.5, 0.6) is 0 Å². The topological polar surface area (TPSA) is 221 Å². The van der Waals surface area contributed by atoms with Crippen molar-refractivity contribution in [1.29, 1.82) is 0 Å². The van der Waals surface area contributed by atoms with E-state index >= 15 is 0 Å². The van der Waals surface area contributed by atoms with Gasteiger partial charge in [0, 0.05) is 36.6 Å². The van der Waals surface area contributed by atoms with Crippen LogP contribution in [0, 0.1) is 0 Å². The number of rotatable bonds is 9. The van der Waals surface area contributed by atoms with Gasteiger partial charge < -0.3 is 44.8 Å². The summed E-state index contributed by atoms with van der Waals surface area (Å²) in [6.07, 6.45) is -0.823. The summed E-state index contributed by atoms with van der Waals surface area (Å²) in [6.45, 7) is -0.410. The Hall–Kier alpha value is -4.61. The summed E-state index contributed by atoms with van der Waals surface area (Å²) < 4.78 is 10.4. The van der Waals surface area contributed by atoms with Gasteiger partial charge in [0.1, 0.15) is 6.04 Å². The van der Waals surface area contributed by atoms with Crippen molar-refractivity contribution in [2.24, 2.45) is 0 Å². The lowest BCUT2D eigenvalue weighted by molar-refractivity contribution is -0.198. The molecule has 47 heavy (non-hydrogen) atoms. The van der Waals surface area contributed by atoms with Crippen LogP contribution in [0.3, 0.4) is 0 Å². The molecule has 0 aromatic heterocycles. The second kappa shape index (κ2) is 13.2. The van der Waals surface area contributed by atoms with E-state index in [0.29, 0.717) is 21.6 Å². The first kappa shape index (κ1) is 32.3. The average Bonchev–Trinajstić information content (AvgIpc) is 3.83. The number of aliphatic hydroxyl groups excluding tert-OH is 1. The zero-order valence-corrected chi connectivity index (χ0v) is 24.9. The number of nitrogens with zero attached hydrogens (tertiary/aromatic N) is 2. The molecule has 5 amide bonds. The van der Waals surface area contributed by atoms with Crippen LogP contribution in [0.2, 0.25) is 0 Å². The third-order valence-electron chi connectivity index (χ3n) is 8.50. The predicted molar refractivity (Wildman–Crippen MR) is 159 cm³/mol. The van der Waals surface area contributed by atoms with Crippen LogP contribution in [0.4, 0.5) is 0 Å². The lowest BCUT2D eigenvalue weighted by atomic mass is 9.78. The van der Waals surface area contributed by atoms with Gasteiger partial charge in [-0.05, 0) is 52.7 Å². The first-order chi connectivity index (χ1) is 22.5. The number of nitrogens with one attached hydrogen (secondary N) is 2. The van der Waals surface area contributed by atoms with E-state index in [1.165, 1.54) is 23.1 Å². The second-order valence-electron chi connectivity index (χ2n) is 11.7. The molecule has 4 heterocycles. The number of carbonyl (C=O) groups is 6. The predicted octanol–water partition coefficient (Wildman–Crippen LogP) is -3.39. The maximum Gasteiger partial charge on any atom is 0.491 e. The van der Waals surface area contributed by atoms with Crippen LogP contribution in [-0.2, 0) is 46.5 Å². The molecule has 4 aliphatic heterocycles. The lowest BCUT2D eigenvalue weighted by Gasteiger charge is -2.26. The van der Waals surface area contributed by atoms with Crippen molar-refractivity contribution in [2.75, 3.05) is 13.2 Å². The van der Waals surface area contributed by atoms with E-state index in [9.17, 15) is 43.9 Å². The summed E-state index contributed by atoms with van der Waals surface area (Å²) in [5, 5.41) is 35.8. The molecule has 2 aromatic rings. The number of hydrogen-bond donors (Lipinski definition) is 5. The van der Waals surface area contributed by atoms with Crippen molar-refractivity contribution in [1.82, 2.24) is 20.6 Å². The van der Waals surface area contributed by atoms with Gasteiger partial charge in [0.25, 0.3) is 23.6 Å². The third-order valence-corrected chi connectivity index (χ3v) is 8.50. The van der Waals surface area contributed by atoms with Gasteiger partial charge in [-0.15, -0.1) is 5.06 Å². The van der Waals surface area contributed by atoms with E-state index in [1.54, 1.807) is 18.2 Å². The Labute approximate surface area is 268 Å². The van der Waals surface area contributed by atoms with Gasteiger partial charge in [0.2, 0.25) is 5.91 Å². The molecule has 0 saturated carbocycles. The fourth-order valence-corrected chi connectivity index (χ4v) is 6.01. The monoisotopic (exact) mass is 648 g/mol. The van der Waals surface area contributed by atoms with Gasteiger partial charge in [0.15, 0.2) is 0 Å². The van der Waals surface area contributed by atoms with E-state index in [1.807, 2.05) is 0 Å². The Morgan fingerprint density at radius 3 is 2.15 bits per heavy atom. The summed E-state index contributed by atoms with van der Waals surface area (Å²) in [4.78, 5) is 82.7. The van der Waals surface area contributed by atoms with Crippen LogP contribution in [0.25, 0.3) is 0 Å². The number of hydroxylamine groups is 2. The normalized spacial score (nSPS) is 20.7. The van der Waals surface area contributed by atoms with Crippen molar-refractivity contribution in [3.63, 3.8) is 0 Å². The van der Waals surface area contributed by atoms with Crippen molar-refractivity contribution in [3.05, 3.63) is 58.7 Å². The van der Waals surface area contributed by atoms with Crippen LogP contribution < -0.4 is 21.6 Å². The molecule has 2 fully saturated rings. The van der Waals surface area contributed by atoms with Gasteiger partial charge in [-0.1, -0.05) is 12.1 Å². The van der Waals surface area contributed by atoms with E-state index in [2.05, 4.69) is 10.6 Å². The zero-order valence-electron chi connectivity index (χ0n) is 24.9. The van der Waals surface area contributed by atoms with Crippen LogP contribution in [0.1, 0.15) is 57.5 Å². The smallest absolute Gasteiger partial charge is 0.423 e. The molecule has 0 radical (unpaired) electrons.